The Hall–Kier alpha value is -1.70. The Kier molecular flexibility index (Phi) is 4.53. The van der Waals surface area contributed by atoms with E-state index in [1.54, 1.807) is 0 Å². The maximum atomic E-state index is 13.7. The van der Waals surface area contributed by atoms with Gasteiger partial charge in [0, 0.05) is 10.7 Å². The lowest BCUT2D eigenvalue weighted by molar-refractivity contribution is 0.102. The molecule has 0 saturated heterocycles. The molecule has 1 heterocycles. The summed E-state index contributed by atoms with van der Waals surface area (Å²) in [5.74, 6) is 4.19. The van der Waals surface area contributed by atoms with Gasteiger partial charge in [0.15, 0.2) is 11.6 Å². The number of aromatic nitrogens is 1. The van der Waals surface area contributed by atoms with E-state index >= 15 is 0 Å². The van der Waals surface area contributed by atoms with Gasteiger partial charge in [0.2, 0.25) is 0 Å². The number of amides is 1. The SMILES string of the molecule is NNc1ncc(Br)cc1C(=O)Nc1cccc(Cl)c1F. The van der Waals surface area contributed by atoms with Gasteiger partial charge in [0.05, 0.1) is 16.3 Å². The topological polar surface area (TPSA) is 80.0 Å². The fraction of sp³-hybridized carbons (Fsp3) is 0. The number of nitrogens with two attached hydrogens (primary N) is 1. The number of nitrogen functional groups attached to an aromatic ring is 1. The number of carbonyl (C=O) groups excluding carboxylic acids is 1. The molecule has 20 heavy (non-hydrogen) atoms. The third-order valence-corrected chi connectivity index (χ3v) is 3.16. The van der Waals surface area contributed by atoms with Gasteiger partial charge < -0.3 is 10.7 Å². The minimum Gasteiger partial charge on any atom is -0.319 e. The Bertz CT molecular complexity index is 668. The van der Waals surface area contributed by atoms with Crippen LogP contribution in [0.5, 0.6) is 0 Å². The smallest absolute Gasteiger partial charge is 0.259 e. The molecule has 0 fully saturated rings. The fourth-order valence-corrected chi connectivity index (χ4v) is 2.02. The zero-order chi connectivity index (χ0) is 14.7. The number of nitrogens with one attached hydrogen (secondary N) is 2. The largest absolute Gasteiger partial charge is 0.319 e. The molecule has 0 spiro atoms. The van der Waals surface area contributed by atoms with Crippen molar-refractivity contribution in [3.63, 3.8) is 0 Å². The van der Waals surface area contributed by atoms with Gasteiger partial charge in [-0.2, -0.15) is 0 Å². The molecular formula is C12H9BrClFN4O. The molecule has 0 saturated carbocycles. The lowest BCUT2D eigenvalue weighted by Crippen LogP contribution is -2.19. The van der Waals surface area contributed by atoms with Crippen LogP contribution in [-0.2, 0) is 0 Å². The van der Waals surface area contributed by atoms with Crippen LogP contribution in [0, 0.1) is 5.82 Å². The first-order valence-corrected chi connectivity index (χ1v) is 6.57. The van der Waals surface area contributed by atoms with Crippen LogP contribution in [0.25, 0.3) is 0 Å². The Morgan fingerprint density at radius 1 is 1.45 bits per heavy atom. The van der Waals surface area contributed by atoms with Crippen molar-refractivity contribution in [2.45, 2.75) is 0 Å². The first-order valence-electron chi connectivity index (χ1n) is 5.40. The van der Waals surface area contributed by atoms with Gasteiger partial charge in [-0.3, -0.25) is 4.79 Å². The van der Waals surface area contributed by atoms with Gasteiger partial charge in [-0.25, -0.2) is 15.2 Å². The predicted molar refractivity (Wildman–Crippen MR) is 79.1 cm³/mol. The van der Waals surface area contributed by atoms with Crippen molar-refractivity contribution in [2.24, 2.45) is 5.84 Å². The molecule has 8 heteroatoms. The van der Waals surface area contributed by atoms with Crippen LogP contribution >= 0.6 is 27.5 Å². The number of carbonyl (C=O) groups is 1. The van der Waals surface area contributed by atoms with Gasteiger partial charge in [-0.1, -0.05) is 17.7 Å². The lowest BCUT2D eigenvalue weighted by atomic mass is 10.2. The molecule has 0 aliphatic carbocycles. The summed E-state index contributed by atoms with van der Waals surface area (Å²) in [4.78, 5) is 16.1. The van der Waals surface area contributed by atoms with Crippen molar-refractivity contribution in [3.05, 3.63) is 51.3 Å². The van der Waals surface area contributed by atoms with Gasteiger partial charge in [0.25, 0.3) is 5.91 Å². The number of hydrogen-bond acceptors (Lipinski definition) is 4. The van der Waals surface area contributed by atoms with Crippen molar-refractivity contribution in [1.82, 2.24) is 4.98 Å². The van der Waals surface area contributed by atoms with E-state index in [2.05, 4.69) is 31.7 Å². The number of benzene rings is 1. The van der Waals surface area contributed by atoms with Crippen LogP contribution in [0.3, 0.4) is 0 Å². The molecule has 1 aromatic heterocycles. The van der Waals surface area contributed by atoms with Crippen LogP contribution < -0.4 is 16.6 Å². The van der Waals surface area contributed by atoms with E-state index in [1.807, 2.05) is 0 Å². The maximum Gasteiger partial charge on any atom is 0.259 e. The molecule has 0 unspecified atom stereocenters. The molecule has 0 aliphatic heterocycles. The zero-order valence-corrected chi connectivity index (χ0v) is 12.3. The van der Waals surface area contributed by atoms with E-state index in [0.717, 1.165) is 0 Å². The number of pyridine rings is 1. The van der Waals surface area contributed by atoms with E-state index in [9.17, 15) is 9.18 Å². The molecule has 0 aliphatic rings. The van der Waals surface area contributed by atoms with Gasteiger partial charge >= 0.3 is 0 Å². The van der Waals surface area contributed by atoms with Gasteiger partial charge in [0.1, 0.15) is 0 Å². The second-order valence-electron chi connectivity index (χ2n) is 3.75. The van der Waals surface area contributed by atoms with E-state index < -0.39 is 11.7 Å². The summed E-state index contributed by atoms with van der Waals surface area (Å²) in [7, 11) is 0. The molecule has 1 aromatic carbocycles. The van der Waals surface area contributed by atoms with Gasteiger partial charge in [-0.15, -0.1) is 0 Å². The average Bonchev–Trinajstić information content (AvgIpc) is 2.43. The molecule has 5 nitrogen and oxygen atoms in total. The molecule has 104 valence electrons. The van der Waals surface area contributed by atoms with Crippen molar-refractivity contribution in [3.8, 4) is 0 Å². The third kappa shape index (κ3) is 3.06. The third-order valence-electron chi connectivity index (χ3n) is 2.44. The Morgan fingerprint density at radius 3 is 2.90 bits per heavy atom. The predicted octanol–water partition coefficient (Wildman–Crippen LogP) is 3.17. The molecule has 4 N–H and O–H groups in total. The number of hydrogen-bond donors (Lipinski definition) is 3. The highest BCUT2D eigenvalue weighted by atomic mass is 79.9. The van der Waals surface area contributed by atoms with Crippen LogP contribution in [0.15, 0.2) is 34.9 Å². The maximum absolute atomic E-state index is 13.7. The number of halogens is 3. The van der Waals surface area contributed by atoms with E-state index in [4.69, 9.17) is 17.4 Å². The molecular weight excluding hydrogens is 351 g/mol. The van der Waals surface area contributed by atoms with Crippen molar-refractivity contribution in [2.75, 3.05) is 10.7 Å². The molecule has 0 radical (unpaired) electrons. The average molecular weight is 360 g/mol. The standard InChI is InChI=1S/C12H9BrClFN4O/c13-6-4-7(11(19-16)17-5-6)12(20)18-9-3-1-2-8(14)10(9)15/h1-5H,16H2,(H,17,19)(H,18,20). The molecule has 0 bridgehead atoms. The van der Waals surface area contributed by atoms with E-state index in [1.165, 1.54) is 30.5 Å². The quantitative estimate of drug-likeness (QED) is 0.581. The Balaban J connectivity index is 2.33. The molecule has 2 rings (SSSR count). The number of anilines is 2. The Labute approximate surface area is 127 Å². The summed E-state index contributed by atoms with van der Waals surface area (Å²) in [6.45, 7) is 0. The van der Waals surface area contributed by atoms with Crippen LogP contribution in [0.4, 0.5) is 15.9 Å². The van der Waals surface area contributed by atoms with Crippen molar-refractivity contribution < 1.29 is 9.18 Å². The highest BCUT2D eigenvalue weighted by Crippen LogP contribution is 2.24. The summed E-state index contributed by atoms with van der Waals surface area (Å²) >= 11 is 8.85. The highest BCUT2D eigenvalue weighted by molar-refractivity contribution is 9.10. The summed E-state index contributed by atoms with van der Waals surface area (Å²) < 4.78 is 14.3. The van der Waals surface area contributed by atoms with E-state index in [0.29, 0.717) is 4.47 Å². The lowest BCUT2D eigenvalue weighted by Gasteiger charge is -2.10. The summed E-state index contributed by atoms with van der Waals surface area (Å²) in [6, 6.07) is 5.84. The molecule has 1 amide bonds. The first kappa shape index (κ1) is 14.7. The minimum absolute atomic E-state index is 0.0227. The molecule has 2 aromatic rings. The normalized spacial score (nSPS) is 10.2. The zero-order valence-electron chi connectivity index (χ0n) is 9.95. The highest BCUT2D eigenvalue weighted by Gasteiger charge is 2.15. The summed E-state index contributed by atoms with van der Waals surface area (Å²) in [6.07, 6.45) is 1.48. The number of hydrazine groups is 1. The van der Waals surface area contributed by atoms with E-state index in [-0.39, 0.29) is 22.1 Å². The monoisotopic (exact) mass is 358 g/mol. The number of nitrogens with zero attached hydrogens (tertiary/aromatic N) is 1. The van der Waals surface area contributed by atoms with Crippen LogP contribution in [0.1, 0.15) is 10.4 Å². The second-order valence-corrected chi connectivity index (χ2v) is 5.07. The summed E-state index contributed by atoms with van der Waals surface area (Å²) in [5, 5.41) is 2.34. The van der Waals surface area contributed by atoms with Gasteiger partial charge in [-0.05, 0) is 34.1 Å². The molecule has 0 atom stereocenters. The van der Waals surface area contributed by atoms with Crippen molar-refractivity contribution >= 4 is 44.9 Å². The Morgan fingerprint density at radius 2 is 2.20 bits per heavy atom. The second kappa shape index (κ2) is 6.17. The summed E-state index contributed by atoms with van der Waals surface area (Å²) in [5.41, 5.74) is 2.45. The van der Waals surface area contributed by atoms with Crippen LogP contribution in [0.2, 0.25) is 5.02 Å². The minimum atomic E-state index is -0.701. The first-order chi connectivity index (χ1) is 9.52. The van der Waals surface area contributed by atoms with Crippen LogP contribution in [-0.4, -0.2) is 10.9 Å². The number of rotatable bonds is 3. The fourth-order valence-electron chi connectivity index (χ4n) is 1.52. The van der Waals surface area contributed by atoms with Crippen molar-refractivity contribution in [1.29, 1.82) is 0 Å².